The van der Waals surface area contributed by atoms with Gasteiger partial charge in [-0.1, -0.05) is 6.92 Å². The Morgan fingerprint density at radius 1 is 1.57 bits per heavy atom. The zero-order valence-corrected chi connectivity index (χ0v) is 8.45. The summed E-state index contributed by atoms with van der Waals surface area (Å²) < 4.78 is 0. The Bertz CT molecular complexity index is 284. The third-order valence-electron chi connectivity index (χ3n) is 4.08. The van der Waals surface area contributed by atoms with Crippen molar-refractivity contribution in [2.75, 3.05) is 0 Å². The van der Waals surface area contributed by atoms with Gasteiger partial charge in [0.05, 0.1) is 5.92 Å². The first-order valence-electron chi connectivity index (χ1n) is 5.30. The minimum absolute atomic E-state index is 0.285. The third kappa shape index (κ3) is 1.26. The second kappa shape index (κ2) is 3.07. The van der Waals surface area contributed by atoms with Gasteiger partial charge >= 0.3 is 5.97 Å². The predicted molar refractivity (Wildman–Crippen MR) is 50.8 cm³/mol. The van der Waals surface area contributed by atoms with Gasteiger partial charge in [-0.15, -0.1) is 0 Å². The van der Waals surface area contributed by atoms with Crippen LogP contribution in [-0.4, -0.2) is 16.9 Å². The van der Waals surface area contributed by atoms with Gasteiger partial charge in [0.15, 0.2) is 0 Å². The number of aliphatic carboxylic acids is 1. The van der Waals surface area contributed by atoms with E-state index in [2.05, 4.69) is 0 Å². The molecule has 3 unspecified atom stereocenters. The van der Waals surface area contributed by atoms with Crippen molar-refractivity contribution in [2.24, 2.45) is 17.3 Å². The van der Waals surface area contributed by atoms with Crippen molar-refractivity contribution in [3.05, 3.63) is 0 Å². The van der Waals surface area contributed by atoms with E-state index in [-0.39, 0.29) is 17.1 Å². The molecule has 1 N–H and O–H groups in total. The van der Waals surface area contributed by atoms with Gasteiger partial charge in [0.1, 0.15) is 5.78 Å². The van der Waals surface area contributed by atoms with Crippen LogP contribution in [0.1, 0.15) is 39.0 Å². The molecule has 3 atom stereocenters. The molecule has 3 nitrogen and oxygen atoms in total. The normalized spacial score (nSPS) is 42.2. The van der Waals surface area contributed by atoms with E-state index in [1.165, 1.54) is 0 Å². The minimum atomic E-state index is -0.728. The molecule has 0 aromatic rings. The first-order valence-corrected chi connectivity index (χ1v) is 5.30. The first kappa shape index (κ1) is 9.69. The number of ketones is 1. The average Bonchev–Trinajstić information content (AvgIpc) is 2.45. The Morgan fingerprint density at radius 3 is 2.86 bits per heavy atom. The molecule has 2 aliphatic rings. The van der Waals surface area contributed by atoms with Crippen molar-refractivity contribution >= 4 is 11.8 Å². The molecule has 2 aliphatic carbocycles. The lowest BCUT2D eigenvalue weighted by atomic mass is 9.69. The van der Waals surface area contributed by atoms with E-state index >= 15 is 0 Å². The number of carbonyl (C=O) groups is 2. The number of hydrogen-bond donors (Lipinski definition) is 1. The fourth-order valence-corrected chi connectivity index (χ4v) is 3.13. The molecule has 78 valence electrons. The lowest BCUT2D eigenvalue weighted by molar-refractivity contribution is -0.141. The molecule has 0 aliphatic heterocycles. The van der Waals surface area contributed by atoms with E-state index in [1.807, 2.05) is 6.92 Å². The van der Waals surface area contributed by atoms with Crippen molar-refractivity contribution in [2.45, 2.75) is 39.0 Å². The van der Waals surface area contributed by atoms with Crippen molar-refractivity contribution < 1.29 is 14.7 Å². The summed E-state index contributed by atoms with van der Waals surface area (Å²) in [5, 5.41) is 8.95. The van der Waals surface area contributed by atoms with E-state index < -0.39 is 5.97 Å². The summed E-state index contributed by atoms with van der Waals surface area (Å²) >= 11 is 0. The number of carbonyl (C=O) groups excluding carboxylic acids is 1. The van der Waals surface area contributed by atoms with Crippen molar-refractivity contribution in [1.82, 2.24) is 0 Å². The molecular weight excluding hydrogens is 180 g/mol. The van der Waals surface area contributed by atoms with Crippen LogP contribution in [0.2, 0.25) is 0 Å². The van der Waals surface area contributed by atoms with Crippen LogP contribution in [0.4, 0.5) is 0 Å². The molecular formula is C11H16O3. The lowest BCUT2D eigenvalue weighted by Crippen LogP contribution is -2.35. The third-order valence-corrected chi connectivity index (χ3v) is 4.08. The Labute approximate surface area is 83.5 Å². The smallest absolute Gasteiger partial charge is 0.306 e. The number of fused-ring (bicyclic) bond motifs is 1. The van der Waals surface area contributed by atoms with Crippen LogP contribution in [0.3, 0.4) is 0 Å². The minimum Gasteiger partial charge on any atom is -0.481 e. The standard InChI is InChI=1S/C11H16O3/c1-11-6-7(10(13)14)5-8(11)3-2-4-9(11)12/h7-8H,2-6H2,1H3,(H,13,14). The van der Waals surface area contributed by atoms with Gasteiger partial charge in [-0.05, 0) is 31.6 Å². The van der Waals surface area contributed by atoms with Gasteiger partial charge in [0.2, 0.25) is 0 Å². The Morgan fingerprint density at radius 2 is 2.29 bits per heavy atom. The van der Waals surface area contributed by atoms with Crippen LogP contribution in [0, 0.1) is 17.3 Å². The molecule has 0 aromatic carbocycles. The number of Topliss-reactive ketones (excluding diaryl/α,β-unsaturated/α-hetero) is 1. The van der Waals surface area contributed by atoms with Gasteiger partial charge in [0, 0.05) is 11.8 Å². The highest BCUT2D eigenvalue weighted by atomic mass is 16.4. The molecule has 0 aromatic heterocycles. The zero-order chi connectivity index (χ0) is 10.3. The molecule has 0 spiro atoms. The van der Waals surface area contributed by atoms with Crippen molar-refractivity contribution in [3.8, 4) is 0 Å². The van der Waals surface area contributed by atoms with Crippen LogP contribution in [0.25, 0.3) is 0 Å². The van der Waals surface area contributed by atoms with Gasteiger partial charge in [0.25, 0.3) is 0 Å². The summed E-state index contributed by atoms with van der Waals surface area (Å²) in [6, 6.07) is 0. The van der Waals surface area contributed by atoms with E-state index in [0.29, 0.717) is 25.2 Å². The molecule has 2 rings (SSSR count). The molecule has 0 radical (unpaired) electrons. The number of hydrogen-bond acceptors (Lipinski definition) is 2. The molecule has 0 heterocycles. The fraction of sp³-hybridized carbons (Fsp3) is 0.818. The molecule has 3 heteroatoms. The van der Waals surface area contributed by atoms with Gasteiger partial charge < -0.3 is 5.11 Å². The van der Waals surface area contributed by atoms with Crippen LogP contribution < -0.4 is 0 Å². The number of rotatable bonds is 1. The SMILES string of the molecule is CC12CC(C(=O)O)CC1CCCC2=O. The number of carboxylic acid groups (broad SMARTS) is 1. The quantitative estimate of drug-likeness (QED) is 0.696. The second-order valence-corrected chi connectivity index (χ2v) is 4.90. The molecule has 2 saturated carbocycles. The van der Waals surface area contributed by atoms with Gasteiger partial charge in [-0.3, -0.25) is 9.59 Å². The van der Waals surface area contributed by atoms with Crippen LogP contribution >= 0.6 is 0 Å². The highest BCUT2D eigenvalue weighted by Gasteiger charge is 2.51. The Hall–Kier alpha value is -0.860. The highest BCUT2D eigenvalue weighted by molar-refractivity contribution is 5.87. The van der Waals surface area contributed by atoms with E-state index in [1.54, 1.807) is 0 Å². The maximum Gasteiger partial charge on any atom is 0.306 e. The topological polar surface area (TPSA) is 54.4 Å². The zero-order valence-electron chi connectivity index (χ0n) is 8.45. The molecule has 0 amide bonds. The summed E-state index contributed by atoms with van der Waals surface area (Å²) in [6.07, 6.45) is 3.90. The van der Waals surface area contributed by atoms with Gasteiger partial charge in [-0.25, -0.2) is 0 Å². The summed E-state index contributed by atoms with van der Waals surface area (Å²) in [4.78, 5) is 22.7. The summed E-state index contributed by atoms with van der Waals surface area (Å²) in [5.41, 5.74) is -0.318. The summed E-state index contributed by atoms with van der Waals surface area (Å²) in [7, 11) is 0. The maximum absolute atomic E-state index is 11.8. The van der Waals surface area contributed by atoms with E-state index in [0.717, 1.165) is 12.8 Å². The Kier molecular flexibility index (Phi) is 2.13. The predicted octanol–water partition coefficient (Wildman–Crippen LogP) is 1.86. The molecule has 2 fully saturated rings. The van der Waals surface area contributed by atoms with Crippen LogP contribution in [0.15, 0.2) is 0 Å². The first-order chi connectivity index (χ1) is 6.54. The lowest BCUT2D eigenvalue weighted by Gasteiger charge is -2.34. The molecule has 14 heavy (non-hydrogen) atoms. The summed E-state index contributed by atoms with van der Waals surface area (Å²) in [5.74, 6) is -0.400. The van der Waals surface area contributed by atoms with Crippen LogP contribution in [-0.2, 0) is 9.59 Å². The maximum atomic E-state index is 11.8. The molecule has 0 bridgehead atoms. The van der Waals surface area contributed by atoms with Crippen molar-refractivity contribution in [1.29, 1.82) is 0 Å². The van der Waals surface area contributed by atoms with Crippen LogP contribution in [0.5, 0.6) is 0 Å². The van der Waals surface area contributed by atoms with Gasteiger partial charge in [-0.2, -0.15) is 0 Å². The fourth-order valence-electron chi connectivity index (χ4n) is 3.13. The number of carboxylic acids is 1. The van der Waals surface area contributed by atoms with E-state index in [9.17, 15) is 9.59 Å². The Balaban J connectivity index is 2.21. The average molecular weight is 196 g/mol. The van der Waals surface area contributed by atoms with Crippen molar-refractivity contribution in [3.63, 3.8) is 0 Å². The largest absolute Gasteiger partial charge is 0.481 e. The van der Waals surface area contributed by atoms with E-state index in [4.69, 9.17) is 5.11 Å². The summed E-state index contributed by atoms with van der Waals surface area (Å²) in [6.45, 7) is 1.96. The monoisotopic (exact) mass is 196 g/mol. The highest BCUT2D eigenvalue weighted by Crippen LogP contribution is 2.52. The second-order valence-electron chi connectivity index (χ2n) is 4.90. The molecule has 0 saturated heterocycles.